The Morgan fingerprint density at radius 3 is 2.17 bits per heavy atom. The van der Waals surface area contributed by atoms with Crippen molar-refractivity contribution in [3.05, 3.63) is 131 Å². The average Bonchev–Trinajstić information content (AvgIpc) is 3.01. The number of thioether (sulfide) groups is 1. The van der Waals surface area contributed by atoms with Crippen molar-refractivity contribution in [3.63, 3.8) is 0 Å². The smallest absolute Gasteiger partial charge is 0.336 e. The van der Waals surface area contributed by atoms with Crippen LogP contribution in [0.15, 0.2) is 108 Å². The highest BCUT2D eigenvalue weighted by atomic mass is 32.2. The largest absolute Gasteiger partial charge is 0.478 e. The highest BCUT2D eigenvalue weighted by Crippen LogP contribution is 2.43. The van der Waals surface area contributed by atoms with Gasteiger partial charge in [-0.05, 0) is 47.5 Å². The SMILES string of the molecule is C[C@H]1[C@@H](CSc2ccccc2C(=O)O)O[C@@H](c2ccc(NC(=O)c3ccccc3)cc2)O[C@H]1c1ccc(CO)cc1. The van der Waals surface area contributed by atoms with Crippen molar-refractivity contribution in [2.24, 2.45) is 5.92 Å². The van der Waals surface area contributed by atoms with Gasteiger partial charge in [0, 0.05) is 33.4 Å². The monoisotopic (exact) mass is 569 g/mol. The topological polar surface area (TPSA) is 105 Å². The van der Waals surface area contributed by atoms with Crippen LogP contribution >= 0.6 is 11.8 Å². The van der Waals surface area contributed by atoms with Gasteiger partial charge in [-0.15, -0.1) is 11.8 Å². The van der Waals surface area contributed by atoms with Gasteiger partial charge in [0.25, 0.3) is 5.91 Å². The van der Waals surface area contributed by atoms with E-state index in [2.05, 4.69) is 12.2 Å². The lowest BCUT2D eigenvalue weighted by atomic mass is 9.91. The van der Waals surface area contributed by atoms with Crippen LogP contribution in [0.1, 0.15) is 56.7 Å². The first-order valence-corrected chi connectivity index (χ1v) is 14.3. The molecule has 4 aromatic rings. The summed E-state index contributed by atoms with van der Waals surface area (Å²) in [5.41, 5.74) is 4.07. The number of ether oxygens (including phenoxy) is 2. The number of carboxylic acid groups (broad SMARTS) is 1. The van der Waals surface area contributed by atoms with E-state index >= 15 is 0 Å². The molecule has 0 bridgehead atoms. The van der Waals surface area contributed by atoms with Crippen LogP contribution in [0.5, 0.6) is 0 Å². The van der Waals surface area contributed by atoms with E-state index in [9.17, 15) is 19.8 Å². The van der Waals surface area contributed by atoms with Gasteiger partial charge in [-0.1, -0.05) is 73.7 Å². The molecule has 4 aromatic carbocycles. The van der Waals surface area contributed by atoms with E-state index in [1.54, 1.807) is 24.3 Å². The third-order valence-corrected chi connectivity index (χ3v) is 8.28. The molecule has 0 unspecified atom stereocenters. The Kier molecular flexibility index (Phi) is 9.16. The molecule has 5 rings (SSSR count). The summed E-state index contributed by atoms with van der Waals surface area (Å²) in [6.07, 6.45) is -1.22. The Hall–Kier alpha value is -3.95. The maximum absolute atomic E-state index is 12.6. The van der Waals surface area contributed by atoms with Crippen molar-refractivity contribution < 1.29 is 29.3 Å². The Morgan fingerprint density at radius 2 is 1.49 bits per heavy atom. The van der Waals surface area contributed by atoms with Gasteiger partial charge in [-0.3, -0.25) is 4.79 Å². The predicted molar refractivity (Wildman–Crippen MR) is 158 cm³/mol. The van der Waals surface area contributed by atoms with Crippen LogP contribution < -0.4 is 5.32 Å². The van der Waals surface area contributed by atoms with Gasteiger partial charge >= 0.3 is 5.97 Å². The molecule has 1 fully saturated rings. The Bertz CT molecular complexity index is 1480. The summed E-state index contributed by atoms with van der Waals surface area (Å²) >= 11 is 1.45. The molecule has 0 aromatic heterocycles. The standard InChI is InChI=1S/C33H31NO6S/c1-21-28(20-41-29-10-6-5-9-27(29)32(37)38)39-33(40-30(21)23-13-11-22(19-35)12-14-23)25-15-17-26(18-16-25)34-31(36)24-7-3-2-4-8-24/h2-18,21,28,30,33,35H,19-20H2,1H3,(H,34,36)(H,37,38)/t21-,28+,30+,33+/m0/s1. The third kappa shape index (κ3) is 6.86. The van der Waals surface area contributed by atoms with Crippen LogP contribution in [0.25, 0.3) is 0 Å². The summed E-state index contributed by atoms with van der Waals surface area (Å²) in [5, 5.41) is 22.0. The van der Waals surface area contributed by atoms with Gasteiger partial charge in [0.1, 0.15) is 0 Å². The van der Waals surface area contributed by atoms with Crippen molar-refractivity contribution >= 4 is 29.3 Å². The van der Waals surface area contributed by atoms with Crippen molar-refractivity contribution in [2.75, 3.05) is 11.1 Å². The third-order valence-electron chi connectivity index (χ3n) is 7.12. The minimum Gasteiger partial charge on any atom is -0.478 e. The van der Waals surface area contributed by atoms with Crippen molar-refractivity contribution in [1.82, 2.24) is 0 Å². The second-order valence-corrected chi connectivity index (χ2v) is 10.9. The molecular formula is C33H31NO6S. The fourth-order valence-electron chi connectivity index (χ4n) is 4.77. The molecule has 7 nitrogen and oxygen atoms in total. The van der Waals surface area contributed by atoms with Gasteiger partial charge in [0.2, 0.25) is 0 Å². The van der Waals surface area contributed by atoms with Crippen LogP contribution in [-0.2, 0) is 16.1 Å². The first-order valence-electron chi connectivity index (χ1n) is 13.3. The second kappa shape index (κ2) is 13.1. The number of aromatic carboxylic acids is 1. The van der Waals surface area contributed by atoms with Crippen LogP contribution in [0.3, 0.4) is 0 Å². The molecule has 1 saturated heterocycles. The zero-order valence-electron chi connectivity index (χ0n) is 22.5. The lowest BCUT2D eigenvalue weighted by molar-refractivity contribution is -0.268. The molecule has 0 radical (unpaired) electrons. The van der Waals surface area contributed by atoms with Crippen molar-refractivity contribution in [3.8, 4) is 0 Å². The molecule has 1 aliphatic rings. The van der Waals surface area contributed by atoms with Gasteiger partial charge in [-0.2, -0.15) is 0 Å². The van der Waals surface area contributed by atoms with E-state index in [-0.39, 0.29) is 36.2 Å². The number of rotatable bonds is 9. The zero-order chi connectivity index (χ0) is 28.8. The number of aliphatic hydroxyl groups excluding tert-OH is 1. The molecule has 4 atom stereocenters. The lowest BCUT2D eigenvalue weighted by Crippen LogP contribution is -2.38. The minimum absolute atomic E-state index is 0.0392. The van der Waals surface area contributed by atoms with Crippen molar-refractivity contribution in [2.45, 2.75) is 36.9 Å². The minimum atomic E-state index is -0.965. The van der Waals surface area contributed by atoms with Gasteiger partial charge in [-0.25, -0.2) is 4.79 Å². The lowest BCUT2D eigenvalue weighted by Gasteiger charge is -2.41. The average molecular weight is 570 g/mol. The zero-order valence-corrected chi connectivity index (χ0v) is 23.3. The number of carbonyl (C=O) groups is 2. The maximum atomic E-state index is 12.6. The van der Waals surface area contributed by atoms with Crippen LogP contribution in [-0.4, -0.2) is 33.9 Å². The summed E-state index contributed by atoms with van der Waals surface area (Å²) in [5.74, 6) is -0.669. The Morgan fingerprint density at radius 1 is 0.829 bits per heavy atom. The predicted octanol–water partition coefficient (Wildman–Crippen LogP) is 6.71. The number of hydrogen-bond acceptors (Lipinski definition) is 6. The molecular weight excluding hydrogens is 538 g/mol. The van der Waals surface area contributed by atoms with E-state index in [1.807, 2.05) is 78.9 Å². The van der Waals surface area contributed by atoms with Gasteiger partial charge in [0.05, 0.1) is 24.4 Å². The molecule has 1 amide bonds. The summed E-state index contributed by atoms with van der Waals surface area (Å²) < 4.78 is 13.0. The molecule has 8 heteroatoms. The second-order valence-electron chi connectivity index (χ2n) is 9.88. The van der Waals surface area contributed by atoms with E-state index in [0.717, 1.165) is 16.7 Å². The number of benzene rings is 4. The normalized spacial score (nSPS) is 20.3. The Balaban J connectivity index is 1.36. The van der Waals surface area contributed by atoms with Crippen LogP contribution in [0.4, 0.5) is 5.69 Å². The summed E-state index contributed by atoms with van der Waals surface area (Å²) in [4.78, 5) is 25.0. The molecule has 0 spiro atoms. The summed E-state index contributed by atoms with van der Waals surface area (Å²) in [7, 11) is 0. The fraction of sp³-hybridized carbons (Fsp3) is 0.212. The number of amides is 1. The number of nitrogens with one attached hydrogen (secondary N) is 1. The van der Waals surface area contributed by atoms with Crippen molar-refractivity contribution in [1.29, 1.82) is 0 Å². The summed E-state index contributed by atoms with van der Waals surface area (Å²) in [6.45, 7) is 2.03. The summed E-state index contributed by atoms with van der Waals surface area (Å²) in [6, 6.07) is 31.0. The molecule has 1 heterocycles. The maximum Gasteiger partial charge on any atom is 0.336 e. The molecule has 1 aliphatic heterocycles. The molecule has 41 heavy (non-hydrogen) atoms. The van der Waals surface area contributed by atoms with Gasteiger partial charge < -0.3 is 25.0 Å². The van der Waals surface area contributed by atoms with E-state index in [1.165, 1.54) is 11.8 Å². The quantitative estimate of drug-likeness (QED) is 0.192. The van der Waals surface area contributed by atoms with E-state index in [4.69, 9.17) is 9.47 Å². The van der Waals surface area contributed by atoms with Crippen LogP contribution in [0.2, 0.25) is 0 Å². The number of hydrogen-bond donors (Lipinski definition) is 3. The fourth-order valence-corrected chi connectivity index (χ4v) is 5.98. The number of aliphatic hydroxyl groups is 1. The highest BCUT2D eigenvalue weighted by Gasteiger charge is 2.38. The van der Waals surface area contributed by atoms with E-state index < -0.39 is 12.3 Å². The van der Waals surface area contributed by atoms with Gasteiger partial charge in [0.15, 0.2) is 6.29 Å². The first-order chi connectivity index (χ1) is 19.9. The molecule has 0 saturated carbocycles. The number of carbonyl (C=O) groups excluding carboxylic acids is 1. The molecule has 0 aliphatic carbocycles. The first kappa shape index (κ1) is 28.6. The molecule has 210 valence electrons. The molecule has 3 N–H and O–H groups in total. The highest BCUT2D eigenvalue weighted by molar-refractivity contribution is 7.99. The van der Waals surface area contributed by atoms with Crippen LogP contribution in [0, 0.1) is 5.92 Å². The number of carboxylic acids is 1. The van der Waals surface area contributed by atoms with E-state index in [0.29, 0.717) is 21.9 Å². The Labute approximate surface area is 243 Å². The number of anilines is 1.